The van der Waals surface area contributed by atoms with Crippen molar-refractivity contribution in [2.45, 2.75) is 27.2 Å². The molecule has 0 radical (unpaired) electrons. The Bertz CT molecular complexity index is 383. The number of halogens is 1. The monoisotopic (exact) mass is 257 g/mol. The normalized spacial score (nSPS) is 12.2. The van der Waals surface area contributed by atoms with Crippen LogP contribution >= 0.6 is 23.1 Å². The van der Waals surface area contributed by atoms with Gasteiger partial charge in [-0.1, -0.05) is 31.9 Å². The fraction of sp³-hybridized carbons (Fsp3) is 0.636. The third-order valence-corrected chi connectivity index (χ3v) is 3.92. The lowest BCUT2D eigenvalue weighted by atomic mass is 10.1. The summed E-state index contributed by atoms with van der Waals surface area (Å²) in [6.45, 7) is 8.27. The second-order valence-corrected chi connectivity index (χ2v) is 4.93. The van der Waals surface area contributed by atoms with E-state index in [1.807, 2.05) is 0 Å². The number of hydrogen-bond donors (Lipinski definition) is 0. The fourth-order valence-electron chi connectivity index (χ4n) is 1.43. The lowest BCUT2D eigenvalue weighted by Gasteiger charge is -2.24. The number of rotatable bonds is 5. The smallest absolute Gasteiger partial charge is 0.162 e. The summed E-state index contributed by atoms with van der Waals surface area (Å²) in [6, 6.07) is 2.12. The second-order valence-electron chi connectivity index (χ2n) is 3.82. The van der Waals surface area contributed by atoms with E-state index in [4.69, 9.17) is 16.9 Å². The van der Waals surface area contributed by atoms with Gasteiger partial charge < -0.3 is 4.90 Å². The zero-order chi connectivity index (χ0) is 12.1. The van der Waals surface area contributed by atoms with Gasteiger partial charge in [0.15, 0.2) is 5.15 Å². The Balaban J connectivity index is 2.91. The van der Waals surface area contributed by atoms with Gasteiger partial charge in [-0.05, 0) is 24.4 Å². The molecule has 0 bridgehead atoms. The molecule has 1 aromatic heterocycles. The number of anilines is 1. The molecular weight excluding hydrogens is 242 g/mol. The van der Waals surface area contributed by atoms with Crippen molar-refractivity contribution >= 4 is 28.1 Å². The van der Waals surface area contributed by atoms with E-state index in [1.165, 1.54) is 11.5 Å². The van der Waals surface area contributed by atoms with Gasteiger partial charge >= 0.3 is 0 Å². The quantitative estimate of drug-likeness (QED) is 0.810. The molecule has 5 heteroatoms. The summed E-state index contributed by atoms with van der Waals surface area (Å²) >= 11 is 7.17. The average Bonchev–Trinajstić information content (AvgIpc) is 2.66. The molecular formula is C11H16ClN3S. The molecule has 0 aliphatic carbocycles. The Morgan fingerprint density at radius 2 is 2.25 bits per heavy atom. The lowest BCUT2D eigenvalue weighted by molar-refractivity contribution is 0.549. The highest BCUT2D eigenvalue weighted by Gasteiger charge is 2.18. The van der Waals surface area contributed by atoms with Gasteiger partial charge in [0.1, 0.15) is 16.6 Å². The molecule has 0 spiro atoms. The average molecular weight is 258 g/mol. The van der Waals surface area contributed by atoms with Gasteiger partial charge in [0.2, 0.25) is 0 Å². The van der Waals surface area contributed by atoms with Crippen molar-refractivity contribution in [1.82, 2.24) is 4.37 Å². The van der Waals surface area contributed by atoms with Crippen LogP contribution in [0.5, 0.6) is 0 Å². The van der Waals surface area contributed by atoms with Crippen molar-refractivity contribution in [2.24, 2.45) is 5.92 Å². The molecule has 0 saturated carbocycles. The van der Waals surface area contributed by atoms with Crippen LogP contribution in [-0.4, -0.2) is 17.5 Å². The van der Waals surface area contributed by atoms with E-state index < -0.39 is 0 Å². The SMILES string of the molecule is CCC(C)CN(CC)c1snc(Cl)c1C#N. The van der Waals surface area contributed by atoms with Crippen molar-refractivity contribution in [2.75, 3.05) is 18.0 Å². The maximum absolute atomic E-state index is 9.03. The first-order valence-electron chi connectivity index (χ1n) is 5.44. The van der Waals surface area contributed by atoms with Crippen LogP contribution in [0.25, 0.3) is 0 Å². The van der Waals surface area contributed by atoms with Crippen molar-refractivity contribution in [3.8, 4) is 6.07 Å². The summed E-state index contributed by atoms with van der Waals surface area (Å²) in [5.41, 5.74) is 0.511. The third-order valence-electron chi connectivity index (χ3n) is 2.64. The van der Waals surface area contributed by atoms with Crippen LogP contribution in [0.1, 0.15) is 32.8 Å². The van der Waals surface area contributed by atoms with Crippen LogP contribution in [0.4, 0.5) is 5.00 Å². The van der Waals surface area contributed by atoms with E-state index in [2.05, 4.69) is 36.1 Å². The summed E-state index contributed by atoms with van der Waals surface area (Å²) in [6.07, 6.45) is 1.13. The maximum atomic E-state index is 9.03. The molecule has 0 N–H and O–H groups in total. The topological polar surface area (TPSA) is 39.9 Å². The number of aromatic nitrogens is 1. The summed E-state index contributed by atoms with van der Waals surface area (Å²) in [5, 5.41) is 10.3. The van der Waals surface area contributed by atoms with Crippen LogP contribution in [0.2, 0.25) is 5.15 Å². The minimum absolute atomic E-state index is 0.324. The fourth-order valence-corrected chi connectivity index (χ4v) is 2.54. The van der Waals surface area contributed by atoms with E-state index in [1.54, 1.807) is 0 Å². The standard InChI is InChI=1S/C11H16ClN3S/c1-4-8(3)7-15(5-2)11-9(6-13)10(12)14-16-11/h8H,4-5,7H2,1-3H3. The summed E-state index contributed by atoms with van der Waals surface area (Å²) in [4.78, 5) is 2.18. The largest absolute Gasteiger partial charge is 0.361 e. The molecule has 0 amide bonds. The zero-order valence-electron chi connectivity index (χ0n) is 9.83. The highest BCUT2D eigenvalue weighted by atomic mass is 35.5. The Morgan fingerprint density at radius 3 is 2.75 bits per heavy atom. The minimum Gasteiger partial charge on any atom is -0.361 e. The van der Waals surface area contributed by atoms with Crippen molar-refractivity contribution < 1.29 is 0 Å². The first-order chi connectivity index (χ1) is 7.63. The molecule has 0 aliphatic heterocycles. The molecule has 16 heavy (non-hydrogen) atoms. The highest BCUT2D eigenvalue weighted by Crippen LogP contribution is 2.31. The molecule has 0 saturated heterocycles. The number of nitrogens with zero attached hydrogens (tertiary/aromatic N) is 3. The van der Waals surface area contributed by atoms with Crippen LogP contribution < -0.4 is 4.90 Å². The van der Waals surface area contributed by atoms with Gasteiger partial charge in [0, 0.05) is 13.1 Å². The van der Waals surface area contributed by atoms with Crippen LogP contribution in [-0.2, 0) is 0 Å². The molecule has 0 aliphatic rings. The third kappa shape index (κ3) is 2.87. The number of hydrogen-bond acceptors (Lipinski definition) is 4. The van der Waals surface area contributed by atoms with Gasteiger partial charge in [-0.3, -0.25) is 0 Å². The van der Waals surface area contributed by atoms with E-state index in [0.717, 1.165) is 24.5 Å². The first-order valence-corrected chi connectivity index (χ1v) is 6.59. The van der Waals surface area contributed by atoms with E-state index in [0.29, 0.717) is 16.6 Å². The highest BCUT2D eigenvalue weighted by molar-refractivity contribution is 7.10. The van der Waals surface area contributed by atoms with Gasteiger partial charge in [0.25, 0.3) is 0 Å². The summed E-state index contributed by atoms with van der Waals surface area (Å²) < 4.78 is 4.03. The molecule has 1 rings (SSSR count). The van der Waals surface area contributed by atoms with E-state index in [9.17, 15) is 0 Å². The second kappa shape index (κ2) is 6.07. The molecule has 1 heterocycles. The van der Waals surface area contributed by atoms with E-state index in [-0.39, 0.29) is 0 Å². The molecule has 0 aromatic carbocycles. The molecule has 1 unspecified atom stereocenters. The van der Waals surface area contributed by atoms with Gasteiger partial charge in [-0.2, -0.15) is 9.64 Å². The molecule has 1 aromatic rings. The Labute approximate surface area is 106 Å². The van der Waals surface area contributed by atoms with Crippen LogP contribution in [0.15, 0.2) is 0 Å². The van der Waals surface area contributed by atoms with Crippen molar-refractivity contribution in [3.05, 3.63) is 10.7 Å². The minimum atomic E-state index is 0.324. The molecule has 0 fully saturated rings. The van der Waals surface area contributed by atoms with Gasteiger partial charge in [0.05, 0.1) is 0 Å². The molecule has 3 nitrogen and oxygen atoms in total. The van der Waals surface area contributed by atoms with E-state index >= 15 is 0 Å². The molecule has 1 atom stereocenters. The van der Waals surface area contributed by atoms with Gasteiger partial charge in [-0.15, -0.1) is 0 Å². The van der Waals surface area contributed by atoms with Crippen LogP contribution in [0.3, 0.4) is 0 Å². The maximum Gasteiger partial charge on any atom is 0.162 e. The Morgan fingerprint density at radius 1 is 1.56 bits per heavy atom. The lowest BCUT2D eigenvalue weighted by Crippen LogP contribution is -2.27. The zero-order valence-corrected chi connectivity index (χ0v) is 11.4. The Kier molecular flexibility index (Phi) is 5.04. The summed E-state index contributed by atoms with van der Waals surface area (Å²) in [5.74, 6) is 0.604. The Hall–Kier alpha value is -0.790. The first kappa shape index (κ1) is 13.3. The van der Waals surface area contributed by atoms with Crippen LogP contribution in [0, 0.1) is 17.2 Å². The van der Waals surface area contributed by atoms with Gasteiger partial charge in [-0.25, -0.2) is 0 Å². The predicted molar refractivity (Wildman–Crippen MR) is 69.2 cm³/mol. The van der Waals surface area contributed by atoms with Crippen molar-refractivity contribution in [3.63, 3.8) is 0 Å². The summed E-state index contributed by atoms with van der Waals surface area (Å²) in [7, 11) is 0. The predicted octanol–water partition coefficient (Wildman–Crippen LogP) is 3.54. The molecule has 88 valence electrons. The number of nitriles is 1. The van der Waals surface area contributed by atoms with Crippen molar-refractivity contribution in [1.29, 1.82) is 5.26 Å².